The van der Waals surface area contributed by atoms with Crippen molar-refractivity contribution in [2.45, 2.75) is 32.7 Å². The van der Waals surface area contributed by atoms with Gasteiger partial charge in [-0.1, -0.05) is 29.8 Å². The molecule has 124 valence electrons. The third-order valence-electron chi connectivity index (χ3n) is 4.55. The zero-order valence-corrected chi connectivity index (χ0v) is 14.6. The third-order valence-corrected chi connectivity index (χ3v) is 6.05. The van der Waals surface area contributed by atoms with Gasteiger partial charge in [0, 0.05) is 15.5 Å². The van der Waals surface area contributed by atoms with E-state index in [1.807, 2.05) is 0 Å². The Bertz CT molecular complexity index is 977. The molecule has 1 atom stereocenters. The normalized spacial score (nSPS) is 17.2. The number of benzene rings is 1. The summed E-state index contributed by atoms with van der Waals surface area (Å²) in [5.41, 5.74) is 1.14. The second-order valence-electron chi connectivity index (χ2n) is 6.28. The van der Waals surface area contributed by atoms with Crippen molar-refractivity contribution >= 4 is 33.2 Å². The molecule has 0 spiro atoms. The molecule has 7 heteroatoms. The summed E-state index contributed by atoms with van der Waals surface area (Å²) in [5, 5.41) is 9.10. The average Bonchev–Trinajstić information content (AvgIpc) is 2.91. The summed E-state index contributed by atoms with van der Waals surface area (Å²) in [6.45, 7) is 2.20. The number of nitrogens with zero attached hydrogens (tertiary/aromatic N) is 3. The minimum atomic E-state index is -0.447. The summed E-state index contributed by atoms with van der Waals surface area (Å²) < 4.78 is 15.2. The zero-order valence-electron chi connectivity index (χ0n) is 13.1. The van der Waals surface area contributed by atoms with Crippen LogP contribution in [0.25, 0.3) is 10.2 Å². The minimum absolute atomic E-state index is 0.0195. The molecule has 24 heavy (non-hydrogen) atoms. The van der Waals surface area contributed by atoms with Crippen LogP contribution in [-0.2, 0) is 19.4 Å². The Morgan fingerprint density at radius 2 is 2.29 bits per heavy atom. The molecule has 0 fully saturated rings. The quantitative estimate of drug-likeness (QED) is 0.695. The number of aryl methyl sites for hydroxylation is 1. The van der Waals surface area contributed by atoms with Gasteiger partial charge < -0.3 is 0 Å². The highest BCUT2D eigenvalue weighted by Gasteiger charge is 2.24. The first-order valence-corrected chi connectivity index (χ1v) is 9.05. The lowest BCUT2D eigenvalue weighted by Gasteiger charge is -2.17. The molecule has 4 nitrogen and oxygen atoms in total. The van der Waals surface area contributed by atoms with E-state index in [-0.39, 0.29) is 22.7 Å². The van der Waals surface area contributed by atoms with Gasteiger partial charge in [-0.25, -0.2) is 9.07 Å². The third kappa shape index (κ3) is 2.54. The van der Waals surface area contributed by atoms with E-state index in [9.17, 15) is 9.18 Å². The summed E-state index contributed by atoms with van der Waals surface area (Å²) in [7, 11) is 0. The molecular weight excluding hydrogens is 349 g/mol. The number of fused-ring (bicyclic) bond motifs is 3. The van der Waals surface area contributed by atoms with Gasteiger partial charge in [0.2, 0.25) is 0 Å². The van der Waals surface area contributed by atoms with Crippen LogP contribution in [0, 0.1) is 11.7 Å². The van der Waals surface area contributed by atoms with Crippen LogP contribution in [-0.4, -0.2) is 15.0 Å². The van der Waals surface area contributed by atoms with Crippen molar-refractivity contribution in [3.8, 4) is 0 Å². The Morgan fingerprint density at radius 3 is 3.08 bits per heavy atom. The van der Waals surface area contributed by atoms with E-state index in [0.717, 1.165) is 24.8 Å². The van der Waals surface area contributed by atoms with Crippen LogP contribution in [0.3, 0.4) is 0 Å². The van der Waals surface area contributed by atoms with Crippen LogP contribution in [0.1, 0.15) is 29.3 Å². The highest BCUT2D eigenvalue weighted by Crippen LogP contribution is 2.35. The van der Waals surface area contributed by atoms with Crippen LogP contribution >= 0.6 is 22.9 Å². The topological polar surface area (TPSA) is 47.8 Å². The first-order chi connectivity index (χ1) is 11.5. The maximum absolute atomic E-state index is 14.0. The molecule has 0 amide bonds. The fourth-order valence-electron chi connectivity index (χ4n) is 3.23. The van der Waals surface area contributed by atoms with E-state index in [2.05, 4.69) is 17.2 Å². The van der Waals surface area contributed by atoms with Crippen molar-refractivity contribution in [3.63, 3.8) is 0 Å². The van der Waals surface area contributed by atoms with E-state index in [1.165, 1.54) is 21.7 Å². The summed E-state index contributed by atoms with van der Waals surface area (Å²) >= 11 is 7.61. The standard InChI is InChI=1S/C17H15ClFN3OS/c1-9-5-6-10-14(7-9)24-16-15(10)17(23)22(21-20-16)8-11-12(18)3-2-4-13(11)19/h2-4,9H,5-8H2,1H3/t9-/m0/s1. The van der Waals surface area contributed by atoms with Gasteiger partial charge in [-0.05, 0) is 42.9 Å². The van der Waals surface area contributed by atoms with Crippen molar-refractivity contribution in [3.05, 3.63) is 55.4 Å². The second kappa shape index (κ2) is 5.93. The molecule has 0 saturated carbocycles. The highest BCUT2D eigenvalue weighted by molar-refractivity contribution is 7.18. The van der Waals surface area contributed by atoms with Crippen LogP contribution in [0.5, 0.6) is 0 Å². The Balaban J connectivity index is 1.83. The first kappa shape index (κ1) is 15.7. The van der Waals surface area contributed by atoms with Gasteiger partial charge in [0.05, 0.1) is 11.9 Å². The molecule has 0 unspecified atom stereocenters. The van der Waals surface area contributed by atoms with E-state index < -0.39 is 5.82 Å². The summed E-state index contributed by atoms with van der Waals surface area (Å²) in [5.74, 6) is 0.176. The smallest absolute Gasteiger partial charge is 0.267 e. The van der Waals surface area contributed by atoms with E-state index in [0.29, 0.717) is 16.1 Å². The van der Waals surface area contributed by atoms with Gasteiger partial charge in [-0.15, -0.1) is 16.4 Å². The predicted molar refractivity (Wildman–Crippen MR) is 93.4 cm³/mol. The van der Waals surface area contributed by atoms with Crippen molar-refractivity contribution < 1.29 is 4.39 Å². The molecule has 0 N–H and O–H groups in total. The molecule has 1 aliphatic rings. The molecule has 4 rings (SSSR count). The SMILES string of the molecule is C[C@H]1CCc2c(sc3nnn(Cc4c(F)cccc4Cl)c(=O)c23)C1. The van der Waals surface area contributed by atoms with E-state index >= 15 is 0 Å². The van der Waals surface area contributed by atoms with Crippen LogP contribution in [0.2, 0.25) is 5.02 Å². The Morgan fingerprint density at radius 1 is 1.46 bits per heavy atom. The Labute approximate surface area is 146 Å². The van der Waals surface area contributed by atoms with Crippen molar-refractivity contribution in [2.75, 3.05) is 0 Å². The van der Waals surface area contributed by atoms with Gasteiger partial charge in [-0.3, -0.25) is 4.79 Å². The number of rotatable bonds is 2. The van der Waals surface area contributed by atoms with Gasteiger partial charge in [0.25, 0.3) is 5.56 Å². The maximum Gasteiger partial charge on any atom is 0.279 e. The molecule has 2 heterocycles. The summed E-state index contributed by atoms with van der Waals surface area (Å²) in [6, 6.07) is 4.46. The summed E-state index contributed by atoms with van der Waals surface area (Å²) in [4.78, 5) is 14.8. The molecule has 2 aromatic heterocycles. The molecule has 0 bridgehead atoms. The largest absolute Gasteiger partial charge is 0.279 e. The van der Waals surface area contributed by atoms with Gasteiger partial charge in [-0.2, -0.15) is 0 Å². The van der Waals surface area contributed by atoms with Crippen LogP contribution < -0.4 is 5.56 Å². The second-order valence-corrected chi connectivity index (χ2v) is 7.78. The molecule has 0 aliphatic heterocycles. The number of thiophene rings is 1. The van der Waals surface area contributed by atoms with Gasteiger partial charge in [0.15, 0.2) is 4.83 Å². The van der Waals surface area contributed by atoms with E-state index in [1.54, 1.807) is 17.4 Å². The fourth-order valence-corrected chi connectivity index (χ4v) is 4.77. The van der Waals surface area contributed by atoms with Gasteiger partial charge in [0.1, 0.15) is 5.82 Å². The number of hydrogen-bond donors (Lipinski definition) is 0. The number of hydrogen-bond acceptors (Lipinski definition) is 4. The zero-order chi connectivity index (χ0) is 16.8. The number of aromatic nitrogens is 3. The lowest BCUT2D eigenvalue weighted by molar-refractivity contribution is 0.508. The molecule has 1 aromatic carbocycles. The van der Waals surface area contributed by atoms with Crippen molar-refractivity contribution in [1.29, 1.82) is 0 Å². The Kier molecular flexibility index (Phi) is 3.89. The van der Waals surface area contributed by atoms with Crippen molar-refractivity contribution in [2.24, 2.45) is 5.92 Å². The van der Waals surface area contributed by atoms with Crippen molar-refractivity contribution in [1.82, 2.24) is 15.0 Å². The average molecular weight is 364 g/mol. The number of halogens is 2. The maximum atomic E-state index is 14.0. The van der Waals surface area contributed by atoms with Crippen LogP contribution in [0.4, 0.5) is 4.39 Å². The minimum Gasteiger partial charge on any atom is -0.267 e. The molecule has 3 aromatic rings. The monoisotopic (exact) mass is 363 g/mol. The lowest BCUT2D eigenvalue weighted by Crippen LogP contribution is -2.25. The molecule has 0 saturated heterocycles. The van der Waals surface area contributed by atoms with E-state index in [4.69, 9.17) is 11.6 Å². The molecular formula is C17H15ClFN3OS. The summed E-state index contributed by atoms with van der Waals surface area (Å²) in [6.07, 6.45) is 2.94. The Hall–Kier alpha value is -1.79. The first-order valence-electron chi connectivity index (χ1n) is 7.85. The van der Waals surface area contributed by atoms with Crippen LogP contribution in [0.15, 0.2) is 23.0 Å². The molecule has 1 aliphatic carbocycles. The molecule has 0 radical (unpaired) electrons. The highest BCUT2D eigenvalue weighted by atomic mass is 35.5. The van der Waals surface area contributed by atoms with Gasteiger partial charge >= 0.3 is 0 Å². The predicted octanol–water partition coefficient (Wildman–Crippen LogP) is 3.82. The lowest BCUT2D eigenvalue weighted by atomic mass is 9.89. The fraction of sp³-hybridized carbons (Fsp3) is 0.353.